The second-order valence-electron chi connectivity index (χ2n) is 5.34. The molecule has 0 heterocycles. The molecule has 0 atom stereocenters. The van der Waals surface area contributed by atoms with E-state index < -0.39 is 0 Å². The van der Waals surface area contributed by atoms with E-state index in [4.69, 9.17) is 0 Å². The molecule has 0 aliphatic carbocycles. The Kier molecular flexibility index (Phi) is 4.39. The first-order valence-electron chi connectivity index (χ1n) is 7.44. The number of amides is 1. The van der Waals surface area contributed by atoms with Crippen LogP contribution in [0, 0.1) is 0 Å². The fourth-order valence-electron chi connectivity index (χ4n) is 2.41. The standard InChI is InChI=1S/C20H17NO2/c22-19-11-9-15(10-12-19)13-20(23)21-18-8-4-7-17(14-18)16-5-2-1-3-6-16/h1-12,14,22H,13H2,(H,21,23). The quantitative estimate of drug-likeness (QED) is 0.757. The van der Waals surface area contributed by atoms with Crippen LogP contribution in [0.25, 0.3) is 11.1 Å². The number of benzene rings is 3. The fourth-order valence-corrected chi connectivity index (χ4v) is 2.41. The first-order valence-corrected chi connectivity index (χ1v) is 7.44. The summed E-state index contributed by atoms with van der Waals surface area (Å²) in [5.74, 6) is 0.116. The number of hydrogen-bond donors (Lipinski definition) is 2. The Labute approximate surface area is 135 Å². The van der Waals surface area contributed by atoms with E-state index in [-0.39, 0.29) is 18.1 Å². The van der Waals surface area contributed by atoms with Gasteiger partial charge in [0.25, 0.3) is 0 Å². The van der Waals surface area contributed by atoms with Crippen molar-refractivity contribution in [3.8, 4) is 16.9 Å². The summed E-state index contributed by atoms with van der Waals surface area (Å²) < 4.78 is 0. The predicted molar refractivity (Wildman–Crippen MR) is 92.3 cm³/mol. The highest BCUT2D eigenvalue weighted by Crippen LogP contribution is 2.22. The van der Waals surface area contributed by atoms with Crippen molar-refractivity contribution in [1.29, 1.82) is 0 Å². The van der Waals surface area contributed by atoms with Gasteiger partial charge in [-0.05, 0) is 41.0 Å². The van der Waals surface area contributed by atoms with Crippen LogP contribution >= 0.6 is 0 Å². The smallest absolute Gasteiger partial charge is 0.228 e. The van der Waals surface area contributed by atoms with Gasteiger partial charge in [-0.1, -0.05) is 54.6 Å². The van der Waals surface area contributed by atoms with Crippen molar-refractivity contribution in [2.24, 2.45) is 0 Å². The Morgan fingerprint density at radius 3 is 2.26 bits per heavy atom. The lowest BCUT2D eigenvalue weighted by atomic mass is 10.1. The number of rotatable bonds is 4. The van der Waals surface area contributed by atoms with Crippen LogP contribution in [0.2, 0.25) is 0 Å². The summed E-state index contributed by atoms with van der Waals surface area (Å²) in [5, 5.41) is 12.2. The second kappa shape index (κ2) is 6.79. The zero-order valence-electron chi connectivity index (χ0n) is 12.6. The maximum Gasteiger partial charge on any atom is 0.228 e. The molecule has 3 rings (SSSR count). The summed E-state index contributed by atoms with van der Waals surface area (Å²) in [7, 11) is 0. The van der Waals surface area contributed by atoms with E-state index in [0.717, 1.165) is 22.4 Å². The van der Waals surface area contributed by atoms with Crippen LogP contribution in [-0.4, -0.2) is 11.0 Å². The first kappa shape index (κ1) is 14.9. The molecule has 0 radical (unpaired) electrons. The molecule has 0 aliphatic rings. The van der Waals surface area contributed by atoms with Gasteiger partial charge in [0.05, 0.1) is 6.42 Å². The van der Waals surface area contributed by atoms with Crippen molar-refractivity contribution in [3.05, 3.63) is 84.4 Å². The lowest BCUT2D eigenvalue weighted by Crippen LogP contribution is -2.14. The first-order chi connectivity index (χ1) is 11.2. The molecule has 2 N–H and O–H groups in total. The summed E-state index contributed by atoms with van der Waals surface area (Å²) in [5.41, 5.74) is 3.81. The summed E-state index contributed by atoms with van der Waals surface area (Å²) >= 11 is 0. The van der Waals surface area contributed by atoms with Gasteiger partial charge in [-0.25, -0.2) is 0 Å². The van der Waals surface area contributed by atoms with E-state index in [9.17, 15) is 9.90 Å². The average Bonchev–Trinajstić information content (AvgIpc) is 2.58. The van der Waals surface area contributed by atoms with E-state index in [0.29, 0.717) is 0 Å². The lowest BCUT2D eigenvalue weighted by Gasteiger charge is -2.08. The SMILES string of the molecule is O=C(Cc1ccc(O)cc1)Nc1cccc(-c2ccccc2)c1. The average molecular weight is 303 g/mol. The maximum atomic E-state index is 12.1. The van der Waals surface area contributed by atoms with Crippen LogP contribution < -0.4 is 5.32 Å². The number of phenols is 1. The van der Waals surface area contributed by atoms with Gasteiger partial charge < -0.3 is 10.4 Å². The van der Waals surface area contributed by atoms with Crippen LogP contribution in [0.15, 0.2) is 78.9 Å². The topological polar surface area (TPSA) is 49.3 Å². The fraction of sp³-hybridized carbons (Fsp3) is 0.0500. The Morgan fingerprint density at radius 2 is 1.52 bits per heavy atom. The molecule has 0 bridgehead atoms. The predicted octanol–water partition coefficient (Wildman–Crippen LogP) is 4.24. The highest BCUT2D eigenvalue weighted by Gasteiger charge is 2.05. The molecule has 1 amide bonds. The van der Waals surface area contributed by atoms with Crippen molar-refractivity contribution in [3.63, 3.8) is 0 Å². The Morgan fingerprint density at radius 1 is 0.826 bits per heavy atom. The summed E-state index contributed by atoms with van der Waals surface area (Å²) in [6.45, 7) is 0. The van der Waals surface area contributed by atoms with Gasteiger partial charge in [0.15, 0.2) is 0 Å². The number of carbonyl (C=O) groups excluding carboxylic acids is 1. The van der Waals surface area contributed by atoms with E-state index >= 15 is 0 Å². The van der Waals surface area contributed by atoms with Gasteiger partial charge in [-0.2, -0.15) is 0 Å². The minimum atomic E-state index is -0.0825. The lowest BCUT2D eigenvalue weighted by molar-refractivity contribution is -0.115. The number of anilines is 1. The van der Waals surface area contributed by atoms with Gasteiger partial charge >= 0.3 is 0 Å². The highest BCUT2D eigenvalue weighted by molar-refractivity contribution is 5.93. The molecule has 114 valence electrons. The number of phenolic OH excluding ortho intramolecular Hbond substituents is 1. The van der Waals surface area contributed by atoms with Crippen molar-refractivity contribution in [1.82, 2.24) is 0 Å². The van der Waals surface area contributed by atoms with Crippen molar-refractivity contribution in [2.45, 2.75) is 6.42 Å². The molecule has 0 unspecified atom stereocenters. The van der Waals surface area contributed by atoms with Crippen molar-refractivity contribution >= 4 is 11.6 Å². The van der Waals surface area contributed by atoms with Crippen LogP contribution in [-0.2, 0) is 11.2 Å². The minimum Gasteiger partial charge on any atom is -0.508 e. The third-order valence-electron chi connectivity index (χ3n) is 3.55. The van der Waals surface area contributed by atoms with E-state index in [1.165, 1.54) is 0 Å². The van der Waals surface area contributed by atoms with E-state index in [1.807, 2.05) is 54.6 Å². The monoisotopic (exact) mass is 303 g/mol. The molecule has 23 heavy (non-hydrogen) atoms. The van der Waals surface area contributed by atoms with Gasteiger partial charge in [0.2, 0.25) is 5.91 Å². The maximum absolute atomic E-state index is 12.1. The molecule has 0 saturated heterocycles. The summed E-state index contributed by atoms with van der Waals surface area (Å²) in [6, 6.07) is 24.5. The van der Waals surface area contributed by atoms with Crippen LogP contribution in [0.1, 0.15) is 5.56 Å². The molecule has 0 aliphatic heterocycles. The third kappa shape index (κ3) is 3.98. The van der Waals surface area contributed by atoms with Crippen LogP contribution in [0.5, 0.6) is 5.75 Å². The van der Waals surface area contributed by atoms with E-state index in [1.54, 1.807) is 24.3 Å². The van der Waals surface area contributed by atoms with Crippen molar-refractivity contribution < 1.29 is 9.90 Å². The van der Waals surface area contributed by atoms with Crippen LogP contribution in [0.3, 0.4) is 0 Å². The molecular formula is C20H17NO2. The minimum absolute atomic E-state index is 0.0825. The number of aromatic hydroxyl groups is 1. The molecule has 0 fully saturated rings. The molecule has 3 aromatic rings. The normalized spacial score (nSPS) is 10.3. The summed E-state index contributed by atoms with van der Waals surface area (Å²) in [6.07, 6.45) is 0.274. The molecule has 0 aromatic heterocycles. The molecule has 3 aromatic carbocycles. The largest absolute Gasteiger partial charge is 0.508 e. The number of carbonyl (C=O) groups is 1. The summed E-state index contributed by atoms with van der Waals surface area (Å²) in [4.78, 5) is 12.1. The molecule has 0 saturated carbocycles. The van der Waals surface area contributed by atoms with Crippen LogP contribution in [0.4, 0.5) is 5.69 Å². The zero-order chi connectivity index (χ0) is 16.1. The highest BCUT2D eigenvalue weighted by atomic mass is 16.3. The number of nitrogens with one attached hydrogen (secondary N) is 1. The Balaban J connectivity index is 1.70. The zero-order valence-corrected chi connectivity index (χ0v) is 12.6. The Hall–Kier alpha value is -3.07. The molecule has 3 heteroatoms. The molecular weight excluding hydrogens is 286 g/mol. The van der Waals surface area contributed by atoms with Gasteiger partial charge in [-0.3, -0.25) is 4.79 Å². The molecule has 3 nitrogen and oxygen atoms in total. The van der Waals surface area contributed by atoms with Gasteiger partial charge in [0, 0.05) is 5.69 Å². The molecule has 0 spiro atoms. The third-order valence-corrected chi connectivity index (χ3v) is 3.55. The second-order valence-corrected chi connectivity index (χ2v) is 5.34. The number of hydrogen-bond acceptors (Lipinski definition) is 2. The Bertz CT molecular complexity index is 795. The van der Waals surface area contributed by atoms with Gasteiger partial charge in [0.1, 0.15) is 5.75 Å². The van der Waals surface area contributed by atoms with E-state index in [2.05, 4.69) is 5.32 Å². The van der Waals surface area contributed by atoms with Crippen molar-refractivity contribution in [2.75, 3.05) is 5.32 Å². The van der Waals surface area contributed by atoms with Gasteiger partial charge in [-0.15, -0.1) is 0 Å².